The summed E-state index contributed by atoms with van der Waals surface area (Å²) in [6, 6.07) is 21.3. The highest BCUT2D eigenvalue weighted by molar-refractivity contribution is 5.96. The normalized spacial score (nSPS) is 27.7. The third-order valence-electron chi connectivity index (χ3n) is 16.4. The lowest BCUT2D eigenvalue weighted by molar-refractivity contribution is -0.144. The molecule has 0 aromatic heterocycles. The first kappa shape index (κ1) is 53.8. The van der Waals surface area contributed by atoms with Gasteiger partial charge in [-0.15, -0.1) is 0 Å². The molecule has 2 saturated carbocycles. The molecule has 0 spiro atoms. The minimum atomic E-state index is -1.09. The largest absolute Gasteiger partial charge is 0.351 e. The van der Waals surface area contributed by atoms with Gasteiger partial charge in [0.2, 0.25) is 35.4 Å². The zero-order chi connectivity index (χ0) is 53.6. The van der Waals surface area contributed by atoms with E-state index in [9.17, 15) is 38.4 Å². The molecule has 6 fully saturated rings. The Morgan fingerprint density at radius 1 is 0.526 bits per heavy atom. The predicted octanol–water partition coefficient (Wildman–Crippen LogP) is 1.77. The summed E-state index contributed by atoms with van der Waals surface area (Å²) in [4.78, 5) is 118. The Kier molecular flexibility index (Phi) is 16.9. The van der Waals surface area contributed by atoms with Crippen molar-refractivity contribution in [2.75, 3.05) is 40.3 Å². The summed E-state index contributed by atoms with van der Waals surface area (Å²) in [5, 5.41) is 23.9. The van der Waals surface area contributed by atoms with Crippen LogP contribution < -0.4 is 42.5 Å². The van der Waals surface area contributed by atoms with Crippen LogP contribution in [0.1, 0.15) is 99.3 Å². The summed E-state index contributed by atoms with van der Waals surface area (Å²) in [5.74, 6) is -1.54. The van der Waals surface area contributed by atoms with Crippen molar-refractivity contribution >= 4 is 47.5 Å². The van der Waals surface area contributed by atoms with Gasteiger partial charge in [-0.25, -0.2) is 9.59 Å². The molecule has 10 amide bonds. The molecule has 20 nitrogen and oxygen atoms in total. The van der Waals surface area contributed by atoms with Crippen molar-refractivity contribution in [2.45, 2.75) is 151 Å². The van der Waals surface area contributed by atoms with Crippen molar-refractivity contribution in [1.29, 1.82) is 0 Å². The van der Waals surface area contributed by atoms with Crippen LogP contribution in [0.3, 0.4) is 0 Å². The van der Waals surface area contributed by atoms with E-state index in [2.05, 4.69) is 66.8 Å². The van der Waals surface area contributed by atoms with Gasteiger partial charge in [0.25, 0.3) is 0 Å². The van der Waals surface area contributed by atoms with Crippen LogP contribution in [0.5, 0.6) is 0 Å². The van der Waals surface area contributed by atoms with Crippen LogP contribution in [-0.4, -0.2) is 168 Å². The minimum absolute atomic E-state index is 0.00802. The third-order valence-corrected chi connectivity index (χ3v) is 16.4. The highest BCUT2D eigenvalue weighted by Crippen LogP contribution is 2.42. The van der Waals surface area contributed by atoms with Crippen LogP contribution in [0.4, 0.5) is 9.59 Å². The standard InChI is InChI=1S/C56H74N12O8/c1-33(57-3)49(69)63-45-31-65(24-22-39-18-20-47(67(39)53(45)73)51(71)61-43-27-41(43)37-14-7-5-8-15-37)55(75)59-29-35-12-11-13-36(26-35)30-60-56(76)66-25-23-40-19-21-48(52(72)62-44-28-42(44)38-16-9-6-10-17-38)68(40)54(74)46(32-66)64-50(70)34(2)58-4/h5-17,26,33-34,39-48,57-58H,18-25,27-32H2,1-4H3,(H,59,75)(H,60,76)(H,61,71)(H,62,72)(H,63,69)(H,64,70)/t33-,34-,39+,40+,41+,42+,43-,44-,45-,46-,47-,48?/m0/s1. The predicted molar refractivity (Wildman–Crippen MR) is 283 cm³/mol. The molecule has 6 aliphatic rings. The van der Waals surface area contributed by atoms with E-state index in [0.717, 1.165) is 24.0 Å². The number of urea groups is 2. The molecule has 4 heterocycles. The molecule has 406 valence electrons. The van der Waals surface area contributed by atoms with Gasteiger partial charge >= 0.3 is 12.1 Å². The second-order valence-electron chi connectivity index (χ2n) is 21.5. The van der Waals surface area contributed by atoms with Gasteiger partial charge in [-0.2, -0.15) is 0 Å². The topological polar surface area (TPSA) is 246 Å². The first-order chi connectivity index (χ1) is 36.7. The van der Waals surface area contributed by atoms with Crippen molar-refractivity contribution in [3.8, 4) is 0 Å². The van der Waals surface area contributed by atoms with Gasteiger partial charge in [0, 0.05) is 62.2 Å². The molecule has 4 aliphatic heterocycles. The zero-order valence-electron chi connectivity index (χ0n) is 44.0. The van der Waals surface area contributed by atoms with E-state index in [-0.39, 0.29) is 74.0 Å². The van der Waals surface area contributed by atoms with Gasteiger partial charge in [-0.05, 0) is 102 Å². The fourth-order valence-corrected chi connectivity index (χ4v) is 11.5. The Balaban J connectivity index is 0.800. The molecule has 4 saturated heterocycles. The molecule has 1 unspecified atom stereocenters. The summed E-state index contributed by atoms with van der Waals surface area (Å²) in [7, 11) is 3.29. The Labute approximate surface area is 444 Å². The maximum Gasteiger partial charge on any atom is 0.317 e. The molecule has 0 bridgehead atoms. The second kappa shape index (κ2) is 23.9. The van der Waals surface area contributed by atoms with Gasteiger partial charge in [-0.1, -0.05) is 84.9 Å². The van der Waals surface area contributed by atoms with Crippen molar-refractivity contribution < 1.29 is 38.4 Å². The number of carbonyl (C=O) groups excluding carboxylic acids is 8. The van der Waals surface area contributed by atoms with Crippen LogP contribution in [0.25, 0.3) is 0 Å². The molecule has 3 aromatic rings. The fourth-order valence-electron chi connectivity index (χ4n) is 11.5. The second-order valence-corrected chi connectivity index (χ2v) is 21.5. The maximum atomic E-state index is 14.5. The molecule has 3 aromatic carbocycles. The molecule has 20 heteroatoms. The number of benzene rings is 3. The van der Waals surface area contributed by atoms with Gasteiger partial charge in [-0.3, -0.25) is 28.8 Å². The van der Waals surface area contributed by atoms with Crippen LogP contribution in [0.15, 0.2) is 84.9 Å². The number of nitrogens with zero attached hydrogens (tertiary/aromatic N) is 4. The van der Waals surface area contributed by atoms with E-state index in [1.54, 1.807) is 47.5 Å². The number of rotatable bonds is 16. The van der Waals surface area contributed by atoms with Crippen molar-refractivity contribution in [3.05, 3.63) is 107 Å². The number of carbonyl (C=O) groups is 8. The van der Waals surface area contributed by atoms with Gasteiger partial charge in [0.15, 0.2) is 0 Å². The lowest BCUT2D eigenvalue weighted by atomic mass is 10.1. The number of amides is 10. The molecule has 76 heavy (non-hydrogen) atoms. The summed E-state index contributed by atoms with van der Waals surface area (Å²) in [5.41, 5.74) is 3.85. The number of nitrogens with one attached hydrogen (secondary N) is 8. The van der Waals surface area contributed by atoms with Crippen LogP contribution >= 0.6 is 0 Å². The Morgan fingerprint density at radius 3 is 1.33 bits per heavy atom. The van der Waals surface area contributed by atoms with Crippen molar-refractivity contribution in [1.82, 2.24) is 62.1 Å². The maximum absolute atomic E-state index is 14.5. The van der Waals surface area contributed by atoms with Gasteiger partial charge in [0.1, 0.15) is 24.2 Å². The molecule has 0 radical (unpaired) electrons. The van der Waals surface area contributed by atoms with E-state index in [1.807, 2.05) is 60.7 Å². The smallest absolute Gasteiger partial charge is 0.317 e. The zero-order valence-corrected chi connectivity index (χ0v) is 44.0. The Morgan fingerprint density at radius 2 is 0.934 bits per heavy atom. The average Bonchev–Trinajstić information content (AvgIpc) is 4.29. The third kappa shape index (κ3) is 12.4. The highest BCUT2D eigenvalue weighted by atomic mass is 16.2. The van der Waals surface area contributed by atoms with Gasteiger partial charge in [0.05, 0.1) is 25.2 Å². The molecule has 8 N–H and O–H groups in total. The lowest BCUT2D eigenvalue weighted by Gasteiger charge is -2.39. The molecule has 2 aliphatic carbocycles. The number of hydrogen-bond acceptors (Lipinski definition) is 10. The first-order valence-electron chi connectivity index (χ1n) is 27.1. The summed E-state index contributed by atoms with van der Waals surface area (Å²) in [6.07, 6.45) is 4.71. The number of fused-ring (bicyclic) bond motifs is 2. The SMILES string of the molecule is CN[C@@H](C)C(=O)N[C@H]1CN(C(=O)NCc2cccc(CNC(=O)N3CC[C@H]4CC[C@@H](C(=O)N[C@H]5C[C@@H]5c5ccccc5)N4C(=O)[C@@H](NC(=O)[C@H](C)NC)C3)c2)CC[C@H]2CCC(C(=O)N[C@H]3C[C@@H]3c3ccccc3)N2C1=O. The van der Waals surface area contributed by atoms with Crippen molar-refractivity contribution in [2.24, 2.45) is 0 Å². The lowest BCUT2D eigenvalue weighted by Crippen LogP contribution is -2.63. The minimum Gasteiger partial charge on any atom is -0.351 e. The van der Waals surface area contributed by atoms with E-state index in [0.29, 0.717) is 51.6 Å². The Bertz CT molecular complexity index is 2450. The van der Waals surface area contributed by atoms with E-state index < -0.39 is 71.9 Å². The monoisotopic (exact) mass is 1040 g/mol. The van der Waals surface area contributed by atoms with Crippen LogP contribution in [0.2, 0.25) is 0 Å². The van der Waals surface area contributed by atoms with Crippen LogP contribution in [0, 0.1) is 0 Å². The van der Waals surface area contributed by atoms with E-state index in [4.69, 9.17) is 0 Å². The quantitative estimate of drug-likeness (QED) is 0.103. The number of hydrogen-bond donors (Lipinski definition) is 8. The summed E-state index contributed by atoms with van der Waals surface area (Å²) >= 11 is 0. The fraction of sp³-hybridized carbons (Fsp3) is 0.536. The molecule has 12 atom stereocenters. The number of likely N-dealkylation sites (N-methyl/N-ethyl adjacent to an activating group) is 2. The first-order valence-corrected chi connectivity index (χ1v) is 27.1. The average molecular weight is 1040 g/mol. The van der Waals surface area contributed by atoms with Gasteiger partial charge < -0.3 is 62.1 Å². The molecule has 9 rings (SSSR count). The van der Waals surface area contributed by atoms with E-state index >= 15 is 0 Å². The highest BCUT2D eigenvalue weighted by Gasteiger charge is 2.50. The molecular weight excluding hydrogens is 969 g/mol. The summed E-state index contributed by atoms with van der Waals surface area (Å²) < 4.78 is 0. The Hall–Kier alpha value is -7.06. The van der Waals surface area contributed by atoms with Crippen molar-refractivity contribution in [3.63, 3.8) is 0 Å². The van der Waals surface area contributed by atoms with E-state index in [1.165, 1.54) is 11.1 Å². The van der Waals surface area contributed by atoms with Crippen LogP contribution in [-0.2, 0) is 41.9 Å². The molecular formula is C56H74N12O8. The summed E-state index contributed by atoms with van der Waals surface area (Å²) in [6.45, 7) is 4.02.